The molecule has 0 aliphatic carbocycles. The molecule has 0 saturated carbocycles. The summed E-state index contributed by atoms with van der Waals surface area (Å²) in [6.45, 7) is 5.57. The van der Waals surface area contributed by atoms with Gasteiger partial charge in [-0.3, -0.25) is 4.79 Å². The lowest BCUT2D eigenvalue weighted by Gasteiger charge is -2.12. The van der Waals surface area contributed by atoms with Crippen LogP contribution in [0.3, 0.4) is 0 Å². The number of amides is 1. The lowest BCUT2D eigenvalue weighted by Crippen LogP contribution is -2.26. The number of rotatable bonds is 7. The molecule has 2 N–H and O–H groups in total. The van der Waals surface area contributed by atoms with E-state index >= 15 is 0 Å². The van der Waals surface area contributed by atoms with E-state index in [2.05, 4.69) is 19.9 Å². The van der Waals surface area contributed by atoms with E-state index in [-0.39, 0.29) is 17.3 Å². The molecule has 1 aromatic heterocycles. The summed E-state index contributed by atoms with van der Waals surface area (Å²) in [5.74, 6) is -0.238. The topological polar surface area (TPSA) is 91.4 Å². The number of nitrogens with one attached hydrogen (secondary N) is 2. The van der Waals surface area contributed by atoms with Crippen LogP contribution < -0.4 is 14.9 Å². The molecule has 1 saturated heterocycles. The minimum atomic E-state index is -3.65. The molecule has 1 aliphatic heterocycles. The number of hydrogen-bond donors (Lipinski definition) is 2. The number of anilines is 2. The number of aromatic nitrogens is 1. The summed E-state index contributed by atoms with van der Waals surface area (Å²) in [5.41, 5.74) is 2.20. The Bertz CT molecular complexity index is 918. The average molecular weight is 409 g/mol. The molecule has 0 bridgehead atoms. The number of thiazole rings is 1. The van der Waals surface area contributed by atoms with Gasteiger partial charge in [-0.15, -0.1) is 11.3 Å². The normalized spacial score (nSPS) is 14.5. The van der Waals surface area contributed by atoms with Crippen LogP contribution >= 0.6 is 11.3 Å². The van der Waals surface area contributed by atoms with E-state index in [0.717, 1.165) is 29.5 Å². The van der Waals surface area contributed by atoms with E-state index in [1.165, 1.54) is 31.9 Å². The molecular formula is C18H24N4O3S2. The van der Waals surface area contributed by atoms with Crippen LogP contribution in [0.4, 0.5) is 10.8 Å². The van der Waals surface area contributed by atoms with Crippen LogP contribution in [0.15, 0.2) is 28.5 Å². The fourth-order valence-corrected chi connectivity index (χ4v) is 4.93. The van der Waals surface area contributed by atoms with Crippen molar-refractivity contribution in [3.05, 3.63) is 34.8 Å². The minimum Gasteiger partial charge on any atom is -0.348 e. The molecule has 27 heavy (non-hydrogen) atoms. The molecule has 9 heteroatoms. The summed E-state index contributed by atoms with van der Waals surface area (Å²) in [5, 5.41) is 5.66. The highest BCUT2D eigenvalue weighted by molar-refractivity contribution is 7.89. The summed E-state index contributed by atoms with van der Waals surface area (Å²) in [4.78, 5) is 18.3. The highest BCUT2D eigenvalue weighted by Gasteiger charge is 2.17. The largest absolute Gasteiger partial charge is 0.348 e. The standard InChI is InChI=1S/C18H24N4O3S2/c1-13-5-6-16(11-17(13)20-14(2)23)27(24,25)19-8-7-15-12-26-18(21-15)22-9-3-4-10-22/h5-6,11-12,19H,3-4,7-10H2,1-2H3,(H,20,23). The van der Waals surface area contributed by atoms with Gasteiger partial charge in [0.1, 0.15) is 0 Å². The molecule has 1 fully saturated rings. The highest BCUT2D eigenvalue weighted by atomic mass is 32.2. The first-order valence-electron chi connectivity index (χ1n) is 8.92. The predicted octanol–water partition coefficient (Wildman–Crippen LogP) is 2.53. The van der Waals surface area contributed by atoms with Gasteiger partial charge in [0.25, 0.3) is 0 Å². The highest BCUT2D eigenvalue weighted by Crippen LogP contribution is 2.24. The number of hydrogen-bond acceptors (Lipinski definition) is 6. The van der Waals surface area contributed by atoms with Crippen LogP contribution in [-0.4, -0.2) is 38.9 Å². The Morgan fingerprint density at radius 3 is 2.74 bits per heavy atom. The average Bonchev–Trinajstić information content (AvgIpc) is 3.27. The second-order valence-corrected chi connectivity index (χ2v) is 9.22. The fourth-order valence-electron chi connectivity index (χ4n) is 2.95. The summed E-state index contributed by atoms with van der Waals surface area (Å²) >= 11 is 1.61. The molecule has 3 rings (SSSR count). The third-order valence-electron chi connectivity index (χ3n) is 4.42. The van der Waals surface area contributed by atoms with E-state index < -0.39 is 10.0 Å². The number of sulfonamides is 1. The SMILES string of the molecule is CC(=O)Nc1cc(S(=O)(=O)NCCc2csc(N3CCCC3)n2)ccc1C. The van der Waals surface area contributed by atoms with Gasteiger partial charge in [-0.1, -0.05) is 6.07 Å². The van der Waals surface area contributed by atoms with Crippen LogP contribution in [0.2, 0.25) is 0 Å². The minimum absolute atomic E-state index is 0.132. The molecule has 0 atom stereocenters. The molecule has 1 aliphatic rings. The second-order valence-electron chi connectivity index (χ2n) is 6.62. The van der Waals surface area contributed by atoms with E-state index in [0.29, 0.717) is 12.1 Å². The molecule has 2 heterocycles. The van der Waals surface area contributed by atoms with Crippen molar-refractivity contribution in [2.75, 3.05) is 29.9 Å². The first-order chi connectivity index (χ1) is 12.8. The Kier molecular flexibility index (Phi) is 6.13. The number of carbonyl (C=O) groups is 1. The molecule has 7 nitrogen and oxygen atoms in total. The molecule has 1 amide bonds. The van der Waals surface area contributed by atoms with Crippen LogP contribution in [0.5, 0.6) is 0 Å². The smallest absolute Gasteiger partial charge is 0.240 e. The van der Waals surface area contributed by atoms with E-state index in [9.17, 15) is 13.2 Å². The van der Waals surface area contributed by atoms with Crippen molar-refractivity contribution in [1.82, 2.24) is 9.71 Å². The third kappa shape index (κ3) is 5.06. The lowest BCUT2D eigenvalue weighted by molar-refractivity contribution is -0.114. The molecular weight excluding hydrogens is 384 g/mol. The fraction of sp³-hybridized carbons (Fsp3) is 0.444. The maximum atomic E-state index is 12.5. The first kappa shape index (κ1) is 19.8. The van der Waals surface area contributed by atoms with Crippen molar-refractivity contribution in [3.63, 3.8) is 0 Å². The van der Waals surface area contributed by atoms with Crippen molar-refractivity contribution < 1.29 is 13.2 Å². The van der Waals surface area contributed by atoms with Crippen molar-refractivity contribution in [2.24, 2.45) is 0 Å². The van der Waals surface area contributed by atoms with Gasteiger partial charge < -0.3 is 10.2 Å². The van der Waals surface area contributed by atoms with Gasteiger partial charge in [0, 0.05) is 44.0 Å². The summed E-state index contributed by atoms with van der Waals surface area (Å²) in [6.07, 6.45) is 2.94. The van der Waals surface area contributed by atoms with Gasteiger partial charge in [-0.2, -0.15) is 0 Å². The van der Waals surface area contributed by atoms with Gasteiger partial charge >= 0.3 is 0 Å². The van der Waals surface area contributed by atoms with E-state index in [4.69, 9.17) is 0 Å². The lowest BCUT2D eigenvalue weighted by atomic mass is 10.2. The maximum Gasteiger partial charge on any atom is 0.240 e. The molecule has 0 spiro atoms. The number of nitrogens with zero attached hydrogens (tertiary/aromatic N) is 2. The van der Waals surface area contributed by atoms with Crippen LogP contribution in [-0.2, 0) is 21.2 Å². The number of benzene rings is 1. The van der Waals surface area contributed by atoms with Gasteiger partial charge in [-0.05, 0) is 37.5 Å². The Morgan fingerprint density at radius 1 is 1.30 bits per heavy atom. The van der Waals surface area contributed by atoms with Gasteiger partial charge in [0.15, 0.2) is 5.13 Å². The predicted molar refractivity (Wildman–Crippen MR) is 108 cm³/mol. The van der Waals surface area contributed by atoms with E-state index in [1.807, 2.05) is 12.3 Å². The van der Waals surface area contributed by atoms with Gasteiger partial charge in [-0.25, -0.2) is 18.1 Å². The second kappa shape index (κ2) is 8.37. The molecule has 0 unspecified atom stereocenters. The molecule has 0 radical (unpaired) electrons. The Balaban J connectivity index is 1.61. The summed E-state index contributed by atoms with van der Waals surface area (Å²) < 4.78 is 27.7. The molecule has 2 aromatic rings. The van der Waals surface area contributed by atoms with Crippen LogP contribution in [0, 0.1) is 6.92 Å². The van der Waals surface area contributed by atoms with Crippen molar-refractivity contribution in [2.45, 2.75) is 38.0 Å². The van der Waals surface area contributed by atoms with Crippen LogP contribution in [0.25, 0.3) is 0 Å². The van der Waals surface area contributed by atoms with Crippen molar-refractivity contribution in [3.8, 4) is 0 Å². The zero-order valence-electron chi connectivity index (χ0n) is 15.5. The van der Waals surface area contributed by atoms with Gasteiger partial charge in [0.2, 0.25) is 15.9 Å². The zero-order valence-corrected chi connectivity index (χ0v) is 17.1. The molecule has 146 valence electrons. The third-order valence-corrected chi connectivity index (χ3v) is 6.83. The molecule has 1 aromatic carbocycles. The van der Waals surface area contributed by atoms with E-state index in [1.54, 1.807) is 17.4 Å². The quantitative estimate of drug-likeness (QED) is 0.735. The maximum absolute atomic E-state index is 12.5. The first-order valence-corrected chi connectivity index (χ1v) is 11.3. The Hall–Kier alpha value is -1.97. The number of aryl methyl sites for hydroxylation is 1. The Morgan fingerprint density at radius 2 is 2.04 bits per heavy atom. The zero-order chi connectivity index (χ0) is 19.4. The van der Waals surface area contributed by atoms with Gasteiger partial charge in [0.05, 0.1) is 10.6 Å². The monoisotopic (exact) mass is 408 g/mol. The van der Waals surface area contributed by atoms with Crippen molar-refractivity contribution >= 4 is 38.1 Å². The van der Waals surface area contributed by atoms with Crippen molar-refractivity contribution in [1.29, 1.82) is 0 Å². The summed E-state index contributed by atoms with van der Waals surface area (Å²) in [6, 6.07) is 4.70. The number of carbonyl (C=O) groups excluding carboxylic acids is 1. The Labute approximate surface area is 163 Å². The van der Waals surface area contributed by atoms with Crippen LogP contribution in [0.1, 0.15) is 31.0 Å². The summed E-state index contributed by atoms with van der Waals surface area (Å²) in [7, 11) is -3.65.